The first-order chi connectivity index (χ1) is 11.7. The molecule has 2 atom stereocenters. The molecule has 1 N–H and O–H groups in total. The van der Waals surface area contributed by atoms with Gasteiger partial charge in [-0.15, -0.1) is 0 Å². The Balaban J connectivity index is 1.88. The van der Waals surface area contributed by atoms with Crippen molar-refractivity contribution in [2.75, 3.05) is 39.6 Å². The zero-order chi connectivity index (χ0) is 18.5. The summed E-state index contributed by atoms with van der Waals surface area (Å²) in [6.07, 6.45) is 1.20. The molecule has 0 aromatic heterocycles. The standard InChI is InChI=1S/C18H33NO6/c1-5-22-8-9-23-7-6-18(21)10-14-12-24-13-15(11-18)19(14)16(20)25-17(2,3)4/h14-15,21H,5-13H2,1-4H3. The number of hydrogen-bond acceptors (Lipinski definition) is 6. The quantitative estimate of drug-likeness (QED) is 0.700. The second-order valence-corrected chi connectivity index (χ2v) is 7.92. The second-order valence-electron chi connectivity index (χ2n) is 7.92. The lowest BCUT2D eigenvalue weighted by Crippen LogP contribution is -2.64. The number of nitrogens with zero attached hydrogens (tertiary/aromatic N) is 1. The molecule has 146 valence electrons. The first kappa shape index (κ1) is 20.4. The molecule has 2 bridgehead atoms. The van der Waals surface area contributed by atoms with Gasteiger partial charge in [-0.05, 0) is 47.0 Å². The van der Waals surface area contributed by atoms with Gasteiger partial charge in [0.05, 0.1) is 44.1 Å². The molecule has 7 nitrogen and oxygen atoms in total. The fourth-order valence-corrected chi connectivity index (χ4v) is 3.52. The highest BCUT2D eigenvalue weighted by atomic mass is 16.6. The van der Waals surface area contributed by atoms with E-state index in [1.54, 1.807) is 4.90 Å². The molecule has 2 aliphatic rings. The number of piperidine rings is 1. The summed E-state index contributed by atoms with van der Waals surface area (Å²) in [4.78, 5) is 14.3. The van der Waals surface area contributed by atoms with Crippen LogP contribution in [0.25, 0.3) is 0 Å². The third-order valence-corrected chi connectivity index (χ3v) is 4.53. The molecule has 0 aromatic rings. The van der Waals surface area contributed by atoms with Gasteiger partial charge >= 0.3 is 6.09 Å². The molecule has 0 aromatic carbocycles. The van der Waals surface area contributed by atoms with Crippen LogP contribution in [-0.2, 0) is 18.9 Å². The van der Waals surface area contributed by atoms with Gasteiger partial charge in [-0.25, -0.2) is 4.79 Å². The van der Waals surface area contributed by atoms with Crippen LogP contribution < -0.4 is 0 Å². The van der Waals surface area contributed by atoms with Gasteiger partial charge in [-0.2, -0.15) is 0 Å². The van der Waals surface area contributed by atoms with Crippen LogP contribution in [0.2, 0.25) is 0 Å². The van der Waals surface area contributed by atoms with Crippen LogP contribution in [0.3, 0.4) is 0 Å². The number of carbonyl (C=O) groups excluding carboxylic acids is 1. The number of rotatable bonds is 7. The fraction of sp³-hybridized carbons (Fsp3) is 0.944. The Bertz CT molecular complexity index is 422. The highest BCUT2D eigenvalue weighted by Gasteiger charge is 2.48. The summed E-state index contributed by atoms with van der Waals surface area (Å²) in [7, 11) is 0. The van der Waals surface area contributed by atoms with Gasteiger partial charge in [0.15, 0.2) is 0 Å². The summed E-state index contributed by atoms with van der Waals surface area (Å²) in [5.41, 5.74) is -1.36. The Labute approximate surface area is 150 Å². The monoisotopic (exact) mass is 359 g/mol. The van der Waals surface area contributed by atoms with E-state index in [2.05, 4.69) is 0 Å². The number of carbonyl (C=O) groups is 1. The van der Waals surface area contributed by atoms with Gasteiger partial charge in [0, 0.05) is 13.2 Å². The summed E-state index contributed by atoms with van der Waals surface area (Å²) < 4.78 is 21.9. The third-order valence-electron chi connectivity index (χ3n) is 4.53. The topological polar surface area (TPSA) is 77.5 Å². The summed E-state index contributed by atoms with van der Waals surface area (Å²) in [5.74, 6) is 0. The van der Waals surface area contributed by atoms with Crippen molar-refractivity contribution in [1.29, 1.82) is 0 Å². The van der Waals surface area contributed by atoms with E-state index in [1.165, 1.54) is 0 Å². The number of hydrogen-bond donors (Lipinski definition) is 1. The molecule has 7 heteroatoms. The third kappa shape index (κ3) is 6.09. The Morgan fingerprint density at radius 1 is 1.16 bits per heavy atom. The molecule has 0 saturated carbocycles. The lowest BCUT2D eigenvalue weighted by Gasteiger charge is -2.51. The highest BCUT2D eigenvalue weighted by molar-refractivity contribution is 5.69. The maximum absolute atomic E-state index is 12.5. The molecule has 2 saturated heterocycles. The van der Waals surface area contributed by atoms with Crippen molar-refractivity contribution in [3.63, 3.8) is 0 Å². The average Bonchev–Trinajstić information content (AvgIpc) is 2.48. The van der Waals surface area contributed by atoms with Crippen molar-refractivity contribution >= 4 is 6.09 Å². The van der Waals surface area contributed by atoms with Gasteiger partial charge in [-0.3, -0.25) is 4.90 Å². The minimum absolute atomic E-state index is 0.157. The Morgan fingerprint density at radius 3 is 2.32 bits per heavy atom. The van der Waals surface area contributed by atoms with E-state index >= 15 is 0 Å². The van der Waals surface area contributed by atoms with Crippen LogP contribution in [0.1, 0.15) is 47.0 Å². The molecule has 2 unspecified atom stereocenters. The Hall–Kier alpha value is -0.890. The number of morpholine rings is 1. The van der Waals surface area contributed by atoms with Crippen molar-refractivity contribution < 1.29 is 28.8 Å². The second kappa shape index (κ2) is 8.66. The molecule has 2 fully saturated rings. The molecule has 0 radical (unpaired) electrons. The number of fused-ring (bicyclic) bond motifs is 2. The maximum Gasteiger partial charge on any atom is 0.410 e. The predicted octanol–water partition coefficient (Wildman–Crippen LogP) is 1.96. The van der Waals surface area contributed by atoms with Gasteiger partial charge in [0.1, 0.15) is 5.60 Å². The minimum atomic E-state index is -0.830. The molecule has 1 amide bonds. The summed E-state index contributed by atoms with van der Waals surface area (Å²) >= 11 is 0. The highest BCUT2D eigenvalue weighted by Crippen LogP contribution is 2.37. The van der Waals surface area contributed by atoms with Crippen molar-refractivity contribution in [3.05, 3.63) is 0 Å². The molecule has 2 rings (SSSR count). The summed E-state index contributed by atoms with van der Waals surface area (Å²) in [6.45, 7) is 10.7. The van der Waals surface area contributed by atoms with Crippen molar-refractivity contribution in [2.24, 2.45) is 0 Å². The SMILES string of the molecule is CCOCCOCCC1(O)CC2COCC(C1)N2C(=O)OC(C)(C)C. The maximum atomic E-state index is 12.5. The molecule has 0 aliphatic carbocycles. The van der Waals surface area contributed by atoms with Gasteiger partial charge in [-0.1, -0.05) is 0 Å². The van der Waals surface area contributed by atoms with Crippen molar-refractivity contribution in [3.8, 4) is 0 Å². The summed E-state index contributed by atoms with van der Waals surface area (Å²) in [6, 6.07) is -0.313. The average molecular weight is 359 g/mol. The van der Waals surface area contributed by atoms with E-state index in [0.29, 0.717) is 58.9 Å². The van der Waals surface area contributed by atoms with Gasteiger partial charge in [0.25, 0.3) is 0 Å². The van der Waals surface area contributed by atoms with Crippen molar-refractivity contribution in [2.45, 2.75) is 70.2 Å². The lowest BCUT2D eigenvalue weighted by atomic mass is 9.79. The first-order valence-corrected chi connectivity index (χ1v) is 9.21. The van der Waals surface area contributed by atoms with E-state index in [0.717, 1.165) is 0 Å². The van der Waals surface area contributed by atoms with E-state index in [9.17, 15) is 9.90 Å². The van der Waals surface area contributed by atoms with E-state index in [-0.39, 0.29) is 18.2 Å². The van der Waals surface area contributed by atoms with E-state index in [1.807, 2.05) is 27.7 Å². The number of aliphatic hydroxyl groups is 1. The Kier molecular flexibility index (Phi) is 7.08. The van der Waals surface area contributed by atoms with Crippen LogP contribution in [0.5, 0.6) is 0 Å². The molecular weight excluding hydrogens is 326 g/mol. The fourth-order valence-electron chi connectivity index (χ4n) is 3.52. The zero-order valence-electron chi connectivity index (χ0n) is 16.0. The van der Waals surface area contributed by atoms with Gasteiger partial charge < -0.3 is 24.1 Å². The predicted molar refractivity (Wildman–Crippen MR) is 92.6 cm³/mol. The number of ether oxygens (including phenoxy) is 4. The summed E-state index contributed by atoms with van der Waals surface area (Å²) in [5, 5.41) is 11.0. The number of amides is 1. The smallest absolute Gasteiger partial charge is 0.410 e. The van der Waals surface area contributed by atoms with Crippen molar-refractivity contribution in [1.82, 2.24) is 4.90 Å². The van der Waals surface area contributed by atoms with Crippen LogP contribution in [-0.4, -0.2) is 79.0 Å². The molecule has 25 heavy (non-hydrogen) atoms. The lowest BCUT2D eigenvalue weighted by molar-refractivity contribution is -0.144. The zero-order valence-corrected chi connectivity index (χ0v) is 16.0. The van der Waals surface area contributed by atoms with Crippen LogP contribution in [0.4, 0.5) is 4.79 Å². The van der Waals surface area contributed by atoms with E-state index in [4.69, 9.17) is 18.9 Å². The molecule has 2 aliphatic heterocycles. The largest absolute Gasteiger partial charge is 0.444 e. The van der Waals surface area contributed by atoms with E-state index < -0.39 is 11.2 Å². The molecule has 2 heterocycles. The normalized spacial score (nSPS) is 29.6. The minimum Gasteiger partial charge on any atom is -0.444 e. The van der Waals surface area contributed by atoms with Crippen LogP contribution in [0.15, 0.2) is 0 Å². The van der Waals surface area contributed by atoms with Crippen LogP contribution >= 0.6 is 0 Å². The molecular formula is C18H33NO6. The first-order valence-electron chi connectivity index (χ1n) is 9.21. The Morgan fingerprint density at radius 2 is 1.76 bits per heavy atom. The van der Waals surface area contributed by atoms with Gasteiger partial charge in [0.2, 0.25) is 0 Å². The van der Waals surface area contributed by atoms with Crippen LogP contribution in [0, 0.1) is 0 Å². The molecule has 0 spiro atoms.